The van der Waals surface area contributed by atoms with E-state index in [1.165, 1.54) is 48.5 Å². The predicted molar refractivity (Wildman–Crippen MR) is 93.5 cm³/mol. The maximum Gasteiger partial charge on any atom is 0.387 e. The summed E-state index contributed by atoms with van der Waals surface area (Å²) in [5.74, 6) is -1.57. The number of nitrogens with one attached hydrogen (secondary N) is 1. The summed E-state index contributed by atoms with van der Waals surface area (Å²) < 4.78 is 29.4. The Morgan fingerprint density at radius 3 is 2.33 bits per heavy atom. The Balaban J connectivity index is 2.29. The Kier molecular flexibility index (Phi) is 6.32. The molecule has 0 aliphatic carbocycles. The Morgan fingerprint density at radius 2 is 1.78 bits per heavy atom. The van der Waals surface area contributed by atoms with Gasteiger partial charge >= 0.3 is 6.61 Å². The van der Waals surface area contributed by atoms with Gasteiger partial charge in [0.2, 0.25) is 0 Å². The second-order valence-electron chi connectivity index (χ2n) is 5.29. The third-order valence-corrected chi connectivity index (χ3v) is 3.39. The molecule has 140 valence electrons. The minimum absolute atomic E-state index is 0.127. The van der Waals surface area contributed by atoms with Crippen LogP contribution in [0.4, 0.5) is 20.2 Å². The Morgan fingerprint density at radius 1 is 1.15 bits per heavy atom. The van der Waals surface area contributed by atoms with Crippen LogP contribution in [0.15, 0.2) is 54.1 Å². The van der Waals surface area contributed by atoms with E-state index in [2.05, 4.69) is 10.1 Å². The zero-order valence-electron chi connectivity index (χ0n) is 14.0. The lowest BCUT2D eigenvalue weighted by Crippen LogP contribution is -2.19. The second kappa shape index (κ2) is 8.65. The number of ketones is 1. The highest BCUT2D eigenvalue weighted by Crippen LogP contribution is 2.24. The van der Waals surface area contributed by atoms with Gasteiger partial charge in [-0.1, -0.05) is 18.2 Å². The smallest absolute Gasteiger partial charge is 0.387 e. The van der Waals surface area contributed by atoms with Crippen LogP contribution in [0.3, 0.4) is 0 Å². The number of nitrogens with zero attached hydrogens (tertiary/aromatic N) is 1. The molecule has 0 aliphatic heterocycles. The van der Waals surface area contributed by atoms with Crippen LogP contribution in [0, 0.1) is 10.1 Å². The van der Waals surface area contributed by atoms with Gasteiger partial charge in [0.25, 0.3) is 11.6 Å². The number of hydrogen-bond donors (Lipinski definition) is 1. The minimum atomic E-state index is -3.06. The van der Waals surface area contributed by atoms with Crippen LogP contribution in [0.1, 0.15) is 12.5 Å². The monoisotopic (exact) mass is 376 g/mol. The first-order chi connectivity index (χ1) is 12.8. The van der Waals surface area contributed by atoms with Gasteiger partial charge < -0.3 is 10.1 Å². The molecule has 2 aromatic rings. The molecule has 0 aliphatic rings. The predicted octanol–water partition coefficient (Wildman–Crippen LogP) is 3.81. The van der Waals surface area contributed by atoms with Gasteiger partial charge in [0, 0.05) is 23.4 Å². The number of anilines is 1. The number of carbonyl (C=O) groups excluding carboxylic acids is 2. The quantitative estimate of drug-likeness (QED) is 0.260. The number of amides is 1. The lowest BCUT2D eigenvalue weighted by atomic mass is 10.1. The van der Waals surface area contributed by atoms with Crippen molar-refractivity contribution in [1.29, 1.82) is 0 Å². The van der Waals surface area contributed by atoms with Crippen molar-refractivity contribution in [3.05, 3.63) is 69.8 Å². The van der Waals surface area contributed by atoms with Crippen molar-refractivity contribution in [2.75, 3.05) is 5.32 Å². The molecule has 0 bridgehead atoms. The number of alkyl halides is 2. The van der Waals surface area contributed by atoms with E-state index in [0.717, 1.165) is 13.0 Å². The molecule has 0 fully saturated rings. The van der Waals surface area contributed by atoms with Gasteiger partial charge in [-0.15, -0.1) is 0 Å². The van der Waals surface area contributed by atoms with Gasteiger partial charge in [-0.25, -0.2) is 0 Å². The highest BCUT2D eigenvalue weighted by molar-refractivity contribution is 6.25. The number of Topliss-reactive ketones (excluding diaryl/α,β-unsaturated/α-hetero) is 1. The zero-order chi connectivity index (χ0) is 20.0. The van der Waals surface area contributed by atoms with Crippen LogP contribution in [0.2, 0.25) is 0 Å². The van der Waals surface area contributed by atoms with E-state index in [9.17, 15) is 28.5 Å². The fourth-order valence-electron chi connectivity index (χ4n) is 2.15. The number of nitro groups is 1. The first-order valence-electron chi connectivity index (χ1n) is 7.60. The minimum Gasteiger partial charge on any atom is -0.434 e. The van der Waals surface area contributed by atoms with Crippen LogP contribution in [0.25, 0.3) is 6.08 Å². The van der Waals surface area contributed by atoms with E-state index in [1.807, 2.05) is 0 Å². The van der Waals surface area contributed by atoms with E-state index in [-0.39, 0.29) is 28.3 Å². The van der Waals surface area contributed by atoms with Gasteiger partial charge in [0.05, 0.1) is 10.5 Å². The highest BCUT2D eigenvalue weighted by Gasteiger charge is 2.17. The van der Waals surface area contributed by atoms with Crippen LogP contribution >= 0.6 is 0 Å². The van der Waals surface area contributed by atoms with Crippen LogP contribution < -0.4 is 10.1 Å². The van der Waals surface area contributed by atoms with Gasteiger partial charge in [-0.2, -0.15) is 8.78 Å². The molecular formula is C18H14F2N2O5. The summed E-state index contributed by atoms with van der Waals surface area (Å²) in [6, 6.07) is 10.7. The molecule has 2 aromatic carbocycles. The largest absolute Gasteiger partial charge is 0.434 e. The third kappa shape index (κ3) is 5.43. The molecule has 0 saturated heterocycles. The van der Waals surface area contributed by atoms with Gasteiger partial charge in [-0.05, 0) is 31.2 Å². The molecule has 1 amide bonds. The SMILES string of the molecule is CC(=O)/C(=C\c1ccccc1OC(F)F)C(=O)Nc1ccc([N+](=O)[O-])cc1. The molecule has 0 heterocycles. The molecule has 0 unspecified atom stereocenters. The maximum atomic E-state index is 12.5. The van der Waals surface area contributed by atoms with E-state index in [1.54, 1.807) is 0 Å². The fraction of sp³-hybridized carbons (Fsp3) is 0.111. The second-order valence-corrected chi connectivity index (χ2v) is 5.29. The Hall–Kier alpha value is -3.62. The highest BCUT2D eigenvalue weighted by atomic mass is 19.3. The average Bonchev–Trinajstić information content (AvgIpc) is 2.60. The standard InChI is InChI=1S/C18H14F2N2O5/c1-11(23)15(10-12-4-2-3-5-16(12)27-18(19)20)17(24)21-13-6-8-14(9-7-13)22(25)26/h2-10,18H,1H3,(H,21,24)/b15-10+. The van der Waals surface area contributed by atoms with Gasteiger partial charge in [0.1, 0.15) is 5.75 Å². The maximum absolute atomic E-state index is 12.5. The average molecular weight is 376 g/mol. The Bertz CT molecular complexity index is 895. The number of ether oxygens (including phenoxy) is 1. The molecule has 0 radical (unpaired) electrons. The van der Waals surface area contributed by atoms with Crippen molar-refractivity contribution in [3.8, 4) is 5.75 Å². The lowest BCUT2D eigenvalue weighted by molar-refractivity contribution is -0.384. The number of hydrogen-bond acceptors (Lipinski definition) is 5. The van der Waals surface area contributed by atoms with Gasteiger partial charge in [-0.3, -0.25) is 19.7 Å². The topological polar surface area (TPSA) is 98.5 Å². The summed E-state index contributed by atoms with van der Waals surface area (Å²) in [6.07, 6.45) is 1.14. The van der Waals surface area contributed by atoms with E-state index in [0.29, 0.717) is 0 Å². The number of para-hydroxylation sites is 1. The zero-order valence-corrected chi connectivity index (χ0v) is 14.0. The van der Waals surface area contributed by atoms with E-state index < -0.39 is 23.2 Å². The number of nitro benzene ring substituents is 1. The van der Waals surface area contributed by atoms with Crippen molar-refractivity contribution in [3.63, 3.8) is 0 Å². The van der Waals surface area contributed by atoms with Crippen molar-refractivity contribution in [2.45, 2.75) is 13.5 Å². The summed E-state index contributed by atoms with van der Waals surface area (Å²) >= 11 is 0. The van der Waals surface area contributed by atoms with Gasteiger partial charge in [0.15, 0.2) is 5.78 Å². The van der Waals surface area contributed by atoms with E-state index >= 15 is 0 Å². The molecule has 9 heteroatoms. The number of rotatable bonds is 7. The molecule has 1 N–H and O–H groups in total. The summed E-state index contributed by atoms with van der Waals surface area (Å²) in [7, 11) is 0. The lowest BCUT2D eigenvalue weighted by Gasteiger charge is -2.10. The van der Waals surface area contributed by atoms with Crippen LogP contribution in [-0.4, -0.2) is 23.2 Å². The number of non-ortho nitro benzene ring substituents is 1. The molecule has 0 atom stereocenters. The normalized spacial score (nSPS) is 11.2. The first kappa shape index (κ1) is 19.7. The van der Waals surface area contributed by atoms with Crippen molar-refractivity contribution in [2.24, 2.45) is 0 Å². The van der Waals surface area contributed by atoms with Crippen LogP contribution in [0.5, 0.6) is 5.75 Å². The van der Waals surface area contributed by atoms with Crippen molar-refractivity contribution < 1.29 is 28.0 Å². The van der Waals surface area contributed by atoms with Crippen molar-refractivity contribution in [1.82, 2.24) is 0 Å². The molecule has 0 spiro atoms. The third-order valence-electron chi connectivity index (χ3n) is 3.39. The van der Waals surface area contributed by atoms with E-state index in [4.69, 9.17) is 0 Å². The molecule has 0 aromatic heterocycles. The summed E-state index contributed by atoms with van der Waals surface area (Å²) in [5.41, 5.74) is -0.0937. The molecule has 2 rings (SSSR count). The van der Waals surface area contributed by atoms with Crippen LogP contribution in [-0.2, 0) is 9.59 Å². The molecule has 0 saturated carbocycles. The number of halogens is 2. The molecule has 27 heavy (non-hydrogen) atoms. The number of benzene rings is 2. The summed E-state index contributed by atoms with van der Waals surface area (Å²) in [4.78, 5) is 34.3. The summed E-state index contributed by atoms with van der Waals surface area (Å²) in [5, 5.41) is 13.1. The fourth-order valence-corrected chi connectivity index (χ4v) is 2.15. The first-order valence-corrected chi connectivity index (χ1v) is 7.60. The Labute approximate surface area is 152 Å². The van der Waals surface area contributed by atoms with Crippen molar-refractivity contribution >= 4 is 29.1 Å². The summed E-state index contributed by atoms with van der Waals surface area (Å²) in [6.45, 7) is -1.91. The number of carbonyl (C=O) groups is 2. The molecular weight excluding hydrogens is 362 g/mol. The molecule has 7 nitrogen and oxygen atoms in total.